The molecular formula is C13H24N2O. The van der Waals surface area contributed by atoms with Crippen LogP contribution in [0.4, 0.5) is 0 Å². The van der Waals surface area contributed by atoms with Crippen molar-refractivity contribution in [2.45, 2.75) is 44.9 Å². The quantitative estimate of drug-likeness (QED) is 0.674. The highest BCUT2D eigenvalue weighted by atomic mass is 16.1. The van der Waals surface area contributed by atoms with Gasteiger partial charge < -0.3 is 11.1 Å². The Balaban J connectivity index is 1.60. The first-order valence-corrected chi connectivity index (χ1v) is 6.76. The van der Waals surface area contributed by atoms with E-state index in [1.165, 1.54) is 25.7 Å². The molecule has 3 nitrogen and oxygen atoms in total. The van der Waals surface area contributed by atoms with Crippen LogP contribution in [0.3, 0.4) is 0 Å². The smallest absolute Gasteiger partial charge is 0.220 e. The molecule has 3 heteroatoms. The van der Waals surface area contributed by atoms with Crippen LogP contribution in [0.15, 0.2) is 0 Å². The predicted molar refractivity (Wildman–Crippen MR) is 64.9 cm³/mol. The van der Waals surface area contributed by atoms with E-state index in [1.54, 1.807) is 0 Å². The molecule has 1 amide bonds. The first kappa shape index (κ1) is 11.9. The van der Waals surface area contributed by atoms with Gasteiger partial charge in [0.1, 0.15) is 0 Å². The molecule has 0 aromatic rings. The van der Waals surface area contributed by atoms with Gasteiger partial charge in [-0.3, -0.25) is 4.79 Å². The first-order chi connectivity index (χ1) is 7.79. The lowest BCUT2D eigenvalue weighted by molar-refractivity contribution is -0.122. The van der Waals surface area contributed by atoms with E-state index in [1.807, 2.05) is 0 Å². The second kappa shape index (κ2) is 5.67. The lowest BCUT2D eigenvalue weighted by Crippen LogP contribution is -2.28. The maximum absolute atomic E-state index is 11.7. The predicted octanol–water partition coefficient (Wildman–Crippen LogP) is 1.67. The average Bonchev–Trinajstić information content (AvgIpc) is 2.86. The van der Waals surface area contributed by atoms with Crippen LogP contribution in [0.5, 0.6) is 0 Å². The standard InChI is InChI=1S/C13H24N2O/c14-5-1-2-6-15-13(16)9-12-8-10-3-4-11(12)7-10/h10-12H,1-9,14H2,(H,15,16). The fourth-order valence-electron chi connectivity index (χ4n) is 3.43. The molecule has 2 aliphatic carbocycles. The molecule has 2 saturated carbocycles. The lowest BCUT2D eigenvalue weighted by atomic mass is 9.86. The van der Waals surface area contributed by atoms with Crippen LogP contribution in [-0.2, 0) is 4.79 Å². The number of unbranched alkanes of at least 4 members (excludes halogenated alkanes) is 1. The summed E-state index contributed by atoms with van der Waals surface area (Å²) in [7, 11) is 0. The van der Waals surface area contributed by atoms with E-state index >= 15 is 0 Å². The number of amides is 1. The van der Waals surface area contributed by atoms with Crippen LogP contribution < -0.4 is 11.1 Å². The van der Waals surface area contributed by atoms with Gasteiger partial charge in [-0.2, -0.15) is 0 Å². The second-order valence-corrected chi connectivity index (χ2v) is 5.48. The normalized spacial score (nSPS) is 31.9. The molecule has 0 aromatic carbocycles. The van der Waals surface area contributed by atoms with Gasteiger partial charge in [0.2, 0.25) is 5.91 Å². The molecule has 2 bridgehead atoms. The Morgan fingerprint density at radius 1 is 1.25 bits per heavy atom. The largest absolute Gasteiger partial charge is 0.356 e. The number of hydrogen-bond acceptors (Lipinski definition) is 2. The third kappa shape index (κ3) is 2.97. The first-order valence-electron chi connectivity index (χ1n) is 6.76. The van der Waals surface area contributed by atoms with Gasteiger partial charge >= 0.3 is 0 Å². The average molecular weight is 224 g/mol. The Morgan fingerprint density at radius 2 is 2.12 bits per heavy atom. The van der Waals surface area contributed by atoms with Gasteiger partial charge in [-0.05, 0) is 56.4 Å². The zero-order chi connectivity index (χ0) is 11.4. The van der Waals surface area contributed by atoms with Crippen molar-refractivity contribution in [2.24, 2.45) is 23.5 Å². The molecule has 0 aliphatic heterocycles. The van der Waals surface area contributed by atoms with Gasteiger partial charge in [0.25, 0.3) is 0 Å². The van der Waals surface area contributed by atoms with Gasteiger partial charge in [-0.15, -0.1) is 0 Å². The molecule has 0 aromatic heterocycles. The highest BCUT2D eigenvalue weighted by Crippen LogP contribution is 2.49. The molecule has 2 aliphatic rings. The van der Waals surface area contributed by atoms with Crippen LogP contribution in [0.25, 0.3) is 0 Å². The Morgan fingerprint density at radius 3 is 2.75 bits per heavy atom. The van der Waals surface area contributed by atoms with E-state index in [0.717, 1.165) is 44.2 Å². The molecule has 0 radical (unpaired) electrons. The minimum absolute atomic E-state index is 0.259. The molecule has 3 atom stereocenters. The molecule has 2 rings (SSSR count). The summed E-state index contributed by atoms with van der Waals surface area (Å²) >= 11 is 0. The van der Waals surface area contributed by atoms with Gasteiger partial charge in [-0.25, -0.2) is 0 Å². The van der Waals surface area contributed by atoms with E-state index in [2.05, 4.69) is 5.32 Å². The Hall–Kier alpha value is -0.570. The zero-order valence-corrected chi connectivity index (χ0v) is 10.1. The van der Waals surface area contributed by atoms with Crippen molar-refractivity contribution in [1.29, 1.82) is 0 Å². The topological polar surface area (TPSA) is 55.1 Å². The van der Waals surface area contributed by atoms with Crippen LogP contribution >= 0.6 is 0 Å². The van der Waals surface area contributed by atoms with E-state index in [0.29, 0.717) is 5.92 Å². The number of nitrogens with two attached hydrogens (primary N) is 1. The second-order valence-electron chi connectivity index (χ2n) is 5.48. The summed E-state index contributed by atoms with van der Waals surface area (Å²) < 4.78 is 0. The molecule has 0 saturated heterocycles. The van der Waals surface area contributed by atoms with Crippen molar-refractivity contribution in [3.05, 3.63) is 0 Å². The van der Waals surface area contributed by atoms with Gasteiger partial charge in [0.05, 0.1) is 0 Å². The van der Waals surface area contributed by atoms with E-state index < -0.39 is 0 Å². The third-order valence-corrected chi connectivity index (χ3v) is 4.29. The molecule has 16 heavy (non-hydrogen) atoms. The van der Waals surface area contributed by atoms with Gasteiger partial charge in [0.15, 0.2) is 0 Å². The number of nitrogens with one attached hydrogen (secondary N) is 1. The zero-order valence-electron chi connectivity index (χ0n) is 10.1. The highest BCUT2D eigenvalue weighted by Gasteiger charge is 2.39. The lowest BCUT2D eigenvalue weighted by Gasteiger charge is -2.20. The molecule has 3 N–H and O–H groups in total. The molecule has 0 heterocycles. The Kier molecular flexibility index (Phi) is 4.22. The van der Waals surface area contributed by atoms with Crippen molar-refractivity contribution >= 4 is 5.91 Å². The number of carbonyl (C=O) groups is 1. The van der Waals surface area contributed by atoms with Crippen LogP contribution in [-0.4, -0.2) is 19.0 Å². The number of hydrogen-bond donors (Lipinski definition) is 2. The minimum Gasteiger partial charge on any atom is -0.356 e. The summed E-state index contributed by atoms with van der Waals surface area (Å²) in [5.41, 5.74) is 5.41. The van der Waals surface area contributed by atoms with Crippen LogP contribution in [0.2, 0.25) is 0 Å². The fourth-order valence-corrected chi connectivity index (χ4v) is 3.43. The highest BCUT2D eigenvalue weighted by molar-refractivity contribution is 5.76. The van der Waals surface area contributed by atoms with Crippen molar-refractivity contribution in [1.82, 2.24) is 5.32 Å². The van der Waals surface area contributed by atoms with E-state index in [4.69, 9.17) is 5.73 Å². The fraction of sp³-hybridized carbons (Fsp3) is 0.923. The van der Waals surface area contributed by atoms with Crippen molar-refractivity contribution < 1.29 is 4.79 Å². The van der Waals surface area contributed by atoms with Gasteiger partial charge in [-0.1, -0.05) is 6.42 Å². The molecule has 2 fully saturated rings. The summed E-state index contributed by atoms with van der Waals surface area (Å²) in [6, 6.07) is 0. The van der Waals surface area contributed by atoms with E-state index in [9.17, 15) is 4.79 Å². The molecule has 0 spiro atoms. The monoisotopic (exact) mass is 224 g/mol. The minimum atomic E-state index is 0.259. The van der Waals surface area contributed by atoms with Crippen molar-refractivity contribution in [3.63, 3.8) is 0 Å². The summed E-state index contributed by atoms with van der Waals surface area (Å²) in [4.78, 5) is 11.7. The Bertz CT molecular complexity index is 242. The number of fused-ring (bicyclic) bond motifs is 2. The van der Waals surface area contributed by atoms with Crippen LogP contribution in [0.1, 0.15) is 44.9 Å². The molecule has 3 unspecified atom stereocenters. The maximum atomic E-state index is 11.7. The van der Waals surface area contributed by atoms with Gasteiger partial charge in [0, 0.05) is 13.0 Å². The van der Waals surface area contributed by atoms with Crippen LogP contribution in [0, 0.1) is 17.8 Å². The Labute approximate surface area is 98.2 Å². The molecule has 92 valence electrons. The summed E-state index contributed by atoms with van der Waals surface area (Å²) in [5.74, 6) is 2.75. The third-order valence-electron chi connectivity index (χ3n) is 4.29. The number of carbonyl (C=O) groups excluding carboxylic acids is 1. The van der Waals surface area contributed by atoms with Crippen molar-refractivity contribution in [2.75, 3.05) is 13.1 Å². The SMILES string of the molecule is NCCCCNC(=O)CC1CC2CCC1C2. The van der Waals surface area contributed by atoms with Crippen molar-refractivity contribution in [3.8, 4) is 0 Å². The summed E-state index contributed by atoms with van der Waals surface area (Å²) in [5, 5.41) is 3.01. The summed E-state index contributed by atoms with van der Waals surface area (Å²) in [6.45, 7) is 1.53. The summed E-state index contributed by atoms with van der Waals surface area (Å²) in [6.07, 6.45) is 8.28. The van der Waals surface area contributed by atoms with E-state index in [-0.39, 0.29) is 5.91 Å². The number of rotatable bonds is 6. The maximum Gasteiger partial charge on any atom is 0.220 e. The molecular weight excluding hydrogens is 200 g/mol.